The zero-order valence-corrected chi connectivity index (χ0v) is 14.7. The second-order valence-electron chi connectivity index (χ2n) is 9.58. The highest BCUT2D eigenvalue weighted by atomic mass is 16.5. The van der Waals surface area contributed by atoms with E-state index < -0.39 is 0 Å². The van der Waals surface area contributed by atoms with Crippen molar-refractivity contribution in [1.29, 1.82) is 0 Å². The lowest BCUT2D eigenvalue weighted by Crippen LogP contribution is -2.53. The highest BCUT2D eigenvalue weighted by Gasteiger charge is 2.59. The molecule has 0 aromatic carbocycles. The molecule has 4 rings (SSSR count). The number of ether oxygens (including phenoxy) is 1. The van der Waals surface area contributed by atoms with Crippen LogP contribution in [0.5, 0.6) is 0 Å². The minimum atomic E-state index is -0.0205. The molecule has 4 aliphatic rings. The molecular weight excluding hydrogens is 272 g/mol. The van der Waals surface area contributed by atoms with E-state index in [-0.39, 0.29) is 6.10 Å². The Hall–Kier alpha value is -0.0800. The van der Waals surface area contributed by atoms with Gasteiger partial charge in [-0.05, 0) is 92.3 Å². The van der Waals surface area contributed by atoms with Crippen LogP contribution in [0.2, 0.25) is 0 Å². The van der Waals surface area contributed by atoms with Crippen molar-refractivity contribution in [2.24, 2.45) is 34.5 Å². The predicted molar refractivity (Wildman–Crippen MR) is 88.5 cm³/mol. The zero-order chi connectivity index (χ0) is 15.5. The number of fused-ring (bicyclic) bond motifs is 5. The van der Waals surface area contributed by atoms with E-state index in [4.69, 9.17) is 4.74 Å². The molecule has 0 aromatic rings. The van der Waals surface area contributed by atoms with Gasteiger partial charge in [0.25, 0.3) is 0 Å². The summed E-state index contributed by atoms with van der Waals surface area (Å²) in [6, 6.07) is 0. The summed E-state index contributed by atoms with van der Waals surface area (Å²) in [5.41, 5.74) is 1.05. The predicted octanol–water partition coefficient (Wildman–Crippen LogP) is 4.41. The molecule has 4 aliphatic carbocycles. The van der Waals surface area contributed by atoms with Crippen molar-refractivity contribution in [3.8, 4) is 0 Å². The molecule has 0 unspecified atom stereocenters. The molecule has 0 aromatic heterocycles. The van der Waals surface area contributed by atoms with Gasteiger partial charge in [0.05, 0.1) is 12.2 Å². The first-order valence-corrected chi connectivity index (χ1v) is 9.67. The first-order chi connectivity index (χ1) is 10.5. The Balaban J connectivity index is 1.60. The lowest BCUT2D eigenvalue weighted by atomic mass is 9.45. The van der Waals surface area contributed by atoms with E-state index in [9.17, 15) is 5.11 Å². The van der Waals surface area contributed by atoms with E-state index in [1.165, 1.54) is 44.9 Å². The average molecular weight is 306 g/mol. The van der Waals surface area contributed by atoms with Gasteiger partial charge in [-0.2, -0.15) is 0 Å². The summed E-state index contributed by atoms with van der Waals surface area (Å²) in [4.78, 5) is 0. The Kier molecular flexibility index (Phi) is 3.66. The van der Waals surface area contributed by atoms with Crippen LogP contribution in [0.1, 0.15) is 71.6 Å². The Morgan fingerprint density at radius 3 is 2.55 bits per heavy atom. The van der Waals surface area contributed by atoms with Crippen molar-refractivity contribution in [2.75, 3.05) is 7.11 Å². The van der Waals surface area contributed by atoms with Gasteiger partial charge in [-0.1, -0.05) is 13.8 Å². The van der Waals surface area contributed by atoms with Crippen LogP contribution in [-0.4, -0.2) is 24.4 Å². The molecule has 0 aliphatic heterocycles. The van der Waals surface area contributed by atoms with Crippen molar-refractivity contribution >= 4 is 0 Å². The summed E-state index contributed by atoms with van der Waals surface area (Å²) in [7, 11) is 1.91. The second-order valence-corrected chi connectivity index (χ2v) is 9.58. The summed E-state index contributed by atoms with van der Waals surface area (Å²) >= 11 is 0. The van der Waals surface area contributed by atoms with E-state index in [1.807, 2.05) is 7.11 Å². The molecule has 2 nitrogen and oxygen atoms in total. The molecule has 2 heteroatoms. The van der Waals surface area contributed by atoms with E-state index >= 15 is 0 Å². The van der Waals surface area contributed by atoms with Gasteiger partial charge in [-0.25, -0.2) is 0 Å². The molecule has 1 N–H and O–H groups in total. The molecular formula is C20H34O2. The van der Waals surface area contributed by atoms with Crippen molar-refractivity contribution in [3.05, 3.63) is 0 Å². The van der Waals surface area contributed by atoms with Crippen LogP contribution < -0.4 is 0 Å². The smallest absolute Gasteiger partial charge is 0.0579 e. The third kappa shape index (κ3) is 2.13. The van der Waals surface area contributed by atoms with Crippen molar-refractivity contribution in [1.82, 2.24) is 0 Å². The minimum Gasteiger partial charge on any atom is -0.393 e. The number of aliphatic hydroxyl groups excluding tert-OH is 1. The van der Waals surface area contributed by atoms with E-state index in [0.717, 1.165) is 36.5 Å². The maximum atomic E-state index is 10.1. The van der Waals surface area contributed by atoms with Crippen molar-refractivity contribution in [3.63, 3.8) is 0 Å². The molecule has 4 saturated carbocycles. The van der Waals surface area contributed by atoms with Crippen molar-refractivity contribution in [2.45, 2.75) is 83.8 Å². The summed E-state index contributed by atoms with van der Waals surface area (Å²) in [5, 5.41) is 10.1. The topological polar surface area (TPSA) is 29.5 Å². The molecule has 0 saturated heterocycles. The molecule has 8 atom stereocenters. The van der Waals surface area contributed by atoms with Gasteiger partial charge in [0.1, 0.15) is 0 Å². The average Bonchev–Trinajstić information content (AvgIpc) is 2.85. The molecule has 0 radical (unpaired) electrons. The molecule has 0 spiro atoms. The Bertz CT molecular complexity index is 435. The van der Waals surface area contributed by atoms with Crippen LogP contribution in [0.25, 0.3) is 0 Å². The quantitative estimate of drug-likeness (QED) is 0.778. The zero-order valence-electron chi connectivity index (χ0n) is 14.7. The number of hydrogen-bond donors (Lipinski definition) is 1. The second kappa shape index (κ2) is 5.21. The SMILES string of the molecule is CO[C@@H]1C[C@@H]2[C@H]3CC[C@@H]4C[C@@H](O)CC[C@@]4(C)[C@@H]3CC[C@@]2(C)C1. The van der Waals surface area contributed by atoms with Crippen LogP contribution in [0.4, 0.5) is 0 Å². The molecule has 0 amide bonds. The van der Waals surface area contributed by atoms with Gasteiger partial charge in [0.2, 0.25) is 0 Å². The summed E-state index contributed by atoms with van der Waals surface area (Å²) in [6.45, 7) is 5.12. The minimum absolute atomic E-state index is 0.0205. The lowest BCUT2D eigenvalue weighted by molar-refractivity contribution is -0.120. The molecule has 4 fully saturated rings. The molecule has 126 valence electrons. The highest BCUT2D eigenvalue weighted by molar-refractivity contribution is 5.08. The van der Waals surface area contributed by atoms with Gasteiger partial charge in [-0.3, -0.25) is 0 Å². The monoisotopic (exact) mass is 306 g/mol. The van der Waals surface area contributed by atoms with Crippen LogP contribution in [-0.2, 0) is 4.74 Å². The first-order valence-electron chi connectivity index (χ1n) is 9.67. The summed E-state index contributed by atoms with van der Waals surface area (Å²) in [6.07, 6.45) is 12.1. The lowest BCUT2D eigenvalue weighted by Gasteiger charge is -2.60. The maximum Gasteiger partial charge on any atom is 0.0579 e. The van der Waals surface area contributed by atoms with E-state index in [2.05, 4.69) is 13.8 Å². The summed E-state index contributed by atoms with van der Waals surface area (Å²) < 4.78 is 5.76. The Morgan fingerprint density at radius 1 is 0.955 bits per heavy atom. The third-order valence-electron chi connectivity index (χ3n) is 8.70. The normalized spacial score (nSPS) is 57.8. The van der Waals surface area contributed by atoms with Crippen molar-refractivity contribution < 1.29 is 9.84 Å². The van der Waals surface area contributed by atoms with Gasteiger partial charge in [-0.15, -0.1) is 0 Å². The van der Waals surface area contributed by atoms with Crippen LogP contribution >= 0.6 is 0 Å². The number of aliphatic hydroxyl groups is 1. The maximum absolute atomic E-state index is 10.1. The van der Waals surface area contributed by atoms with Gasteiger partial charge in [0, 0.05) is 7.11 Å². The van der Waals surface area contributed by atoms with Crippen LogP contribution in [0.15, 0.2) is 0 Å². The Labute approximate surface area is 136 Å². The first kappa shape index (κ1) is 15.4. The van der Waals surface area contributed by atoms with E-state index in [0.29, 0.717) is 16.9 Å². The Morgan fingerprint density at radius 2 is 1.77 bits per heavy atom. The fourth-order valence-electron chi connectivity index (χ4n) is 7.41. The fourth-order valence-corrected chi connectivity index (χ4v) is 7.41. The standard InChI is InChI=1S/C20H34O2/c1-19-8-7-17-16(18(19)11-15(12-19)22-3)5-4-13-10-14(21)6-9-20(13,17)2/h13-18,21H,4-12H2,1-3H3/t13-,14+,15-,16+,17-,18-,19+,20-/m1/s1. The number of hydrogen-bond acceptors (Lipinski definition) is 2. The van der Waals surface area contributed by atoms with Gasteiger partial charge in [0.15, 0.2) is 0 Å². The molecule has 0 bridgehead atoms. The fraction of sp³-hybridized carbons (Fsp3) is 1.00. The summed E-state index contributed by atoms with van der Waals surface area (Å²) in [5.74, 6) is 3.50. The largest absolute Gasteiger partial charge is 0.393 e. The molecule has 0 heterocycles. The third-order valence-corrected chi connectivity index (χ3v) is 8.70. The van der Waals surface area contributed by atoms with E-state index in [1.54, 1.807) is 0 Å². The molecule has 22 heavy (non-hydrogen) atoms. The highest BCUT2D eigenvalue weighted by Crippen LogP contribution is 2.66. The number of rotatable bonds is 1. The van der Waals surface area contributed by atoms with Gasteiger partial charge >= 0.3 is 0 Å². The number of methoxy groups -OCH3 is 1. The van der Waals surface area contributed by atoms with Crippen LogP contribution in [0, 0.1) is 34.5 Å². The van der Waals surface area contributed by atoms with Crippen LogP contribution in [0.3, 0.4) is 0 Å². The van der Waals surface area contributed by atoms with Gasteiger partial charge < -0.3 is 9.84 Å².